The van der Waals surface area contributed by atoms with Gasteiger partial charge >= 0.3 is 0 Å². The van der Waals surface area contributed by atoms with E-state index in [1.807, 2.05) is 0 Å². The zero-order chi connectivity index (χ0) is 25.5. The fourth-order valence-electron chi connectivity index (χ4n) is 4.94. The van der Waals surface area contributed by atoms with Crippen LogP contribution in [0.15, 0.2) is 0 Å². The van der Waals surface area contributed by atoms with Crippen molar-refractivity contribution in [1.82, 2.24) is 5.32 Å². The van der Waals surface area contributed by atoms with Crippen molar-refractivity contribution in [1.29, 1.82) is 0 Å². The Hall–Kier alpha value is 0.170. The quantitative estimate of drug-likeness (QED) is 0.0545. The first-order valence-corrected chi connectivity index (χ1v) is 16.3. The molecule has 0 heterocycles. The molecule has 0 unspecified atom stereocenters. The molecule has 0 spiro atoms. The fraction of sp³-hybridized carbons (Fsp3) is 1.00. The molecule has 0 aromatic rings. The summed E-state index contributed by atoms with van der Waals surface area (Å²) in [6.07, 6.45) is 34.6. The van der Waals surface area contributed by atoms with Crippen molar-refractivity contribution in [2.75, 3.05) is 19.8 Å². The molecule has 4 heteroatoms. The van der Waals surface area contributed by atoms with Crippen LogP contribution in [0.2, 0.25) is 0 Å². The van der Waals surface area contributed by atoms with Crippen molar-refractivity contribution in [2.45, 2.75) is 187 Å². The van der Waals surface area contributed by atoms with Gasteiger partial charge in [0, 0.05) is 12.6 Å². The van der Waals surface area contributed by atoms with Gasteiger partial charge in [0.05, 0.1) is 13.2 Å². The molecule has 0 aliphatic heterocycles. The zero-order valence-electron chi connectivity index (χ0n) is 25.1. The summed E-state index contributed by atoms with van der Waals surface area (Å²) < 4.78 is 0. The molecule has 0 saturated carbocycles. The molecule has 0 radical (unpaired) electrons. The monoisotopic (exact) mass is 533 g/mol. The van der Waals surface area contributed by atoms with E-state index in [0.717, 1.165) is 19.6 Å². The Morgan fingerprint density at radius 2 is 0.750 bits per heavy atom. The van der Waals surface area contributed by atoms with Crippen molar-refractivity contribution in [2.24, 2.45) is 0 Å². The normalized spacial score (nSPS) is 11.3. The molecule has 0 aromatic carbocycles. The van der Waals surface area contributed by atoms with E-state index in [0.29, 0.717) is 12.6 Å². The molecule has 0 aromatic heterocycles. The summed E-state index contributed by atoms with van der Waals surface area (Å²) >= 11 is 0. The summed E-state index contributed by atoms with van der Waals surface area (Å²) in [5.74, 6) is 0. The van der Waals surface area contributed by atoms with Gasteiger partial charge in [0.15, 0.2) is 0 Å². The van der Waals surface area contributed by atoms with Crippen LogP contribution in [-0.2, 0) is 9.78 Å². The Balaban J connectivity index is 0. The van der Waals surface area contributed by atoms with Gasteiger partial charge in [-0.3, -0.25) is 0 Å². The molecule has 0 rings (SSSR count). The summed E-state index contributed by atoms with van der Waals surface area (Å²) in [5, 5.41) is 3.78. The van der Waals surface area contributed by atoms with Crippen molar-refractivity contribution < 1.29 is 9.78 Å². The molecule has 0 amide bonds. The molecule has 0 aliphatic carbocycles. The van der Waals surface area contributed by atoms with E-state index < -0.39 is 0 Å². The lowest BCUT2D eigenvalue weighted by Crippen LogP contribution is -2.32. The highest BCUT2D eigenvalue weighted by atomic mass is 35.5. The molecular formula is C32H68ClNO2. The van der Waals surface area contributed by atoms with Gasteiger partial charge in [-0.2, -0.15) is 0 Å². The summed E-state index contributed by atoms with van der Waals surface area (Å²) in [6, 6.07) is 0.654. The van der Waals surface area contributed by atoms with Crippen molar-refractivity contribution in [3.63, 3.8) is 0 Å². The minimum Gasteiger partial charge on any atom is -0.312 e. The third kappa shape index (κ3) is 32.2. The summed E-state index contributed by atoms with van der Waals surface area (Å²) in [4.78, 5) is 10.7. The molecule has 0 aliphatic rings. The number of rotatable bonds is 31. The largest absolute Gasteiger partial charge is 0.312 e. The Morgan fingerprint density at radius 1 is 0.417 bits per heavy atom. The van der Waals surface area contributed by atoms with Crippen LogP contribution in [0, 0.1) is 0 Å². The number of halogens is 1. The van der Waals surface area contributed by atoms with Crippen molar-refractivity contribution in [3.05, 3.63) is 0 Å². The third-order valence-electron chi connectivity index (χ3n) is 7.35. The van der Waals surface area contributed by atoms with Gasteiger partial charge in [0.25, 0.3) is 0 Å². The second kappa shape index (κ2) is 35.2. The molecule has 0 atom stereocenters. The van der Waals surface area contributed by atoms with Crippen LogP contribution in [0.4, 0.5) is 0 Å². The second-order valence-corrected chi connectivity index (χ2v) is 10.9. The minimum absolute atomic E-state index is 0. The highest BCUT2D eigenvalue weighted by Gasteiger charge is 2.08. The van der Waals surface area contributed by atoms with E-state index in [2.05, 4.69) is 26.1 Å². The van der Waals surface area contributed by atoms with E-state index in [9.17, 15) is 0 Å². The molecular weight excluding hydrogens is 466 g/mol. The predicted molar refractivity (Wildman–Crippen MR) is 163 cm³/mol. The maximum Gasteiger partial charge on any atom is 0.0946 e. The van der Waals surface area contributed by atoms with Gasteiger partial charge in [0.2, 0.25) is 0 Å². The van der Waals surface area contributed by atoms with E-state index >= 15 is 0 Å². The molecule has 0 bridgehead atoms. The van der Waals surface area contributed by atoms with Crippen LogP contribution in [-0.4, -0.2) is 25.8 Å². The van der Waals surface area contributed by atoms with Crippen LogP contribution in [0.1, 0.15) is 181 Å². The van der Waals surface area contributed by atoms with Gasteiger partial charge in [-0.1, -0.05) is 162 Å². The van der Waals surface area contributed by atoms with Crippen molar-refractivity contribution >= 4 is 12.4 Å². The number of nitrogens with one attached hydrogen (secondary N) is 1. The first kappa shape index (κ1) is 38.3. The van der Waals surface area contributed by atoms with Crippen LogP contribution in [0.5, 0.6) is 0 Å². The summed E-state index contributed by atoms with van der Waals surface area (Å²) in [5.41, 5.74) is 0. The first-order valence-electron chi connectivity index (χ1n) is 16.3. The van der Waals surface area contributed by atoms with E-state index in [4.69, 9.17) is 9.78 Å². The number of hydrogen-bond acceptors (Lipinski definition) is 3. The maximum absolute atomic E-state index is 5.38. The van der Waals surface area contributed by atoms with Crippen LogP contribution in [0.25, 0.3) is 0 Å². The molecule has 3 nitrogen and oxygen atoms in total. The highest BCUT2D eigenvalue weighted by Crippen LogP contribution is 2.16. The summed E-state index contributed by atoms with van der Waals surface area (Å²) in [6.45, 7) is 9.12. The Kier molecular flexibility index (Phi) is 37.4. The minimum atomic E-state index is 0. The topological polar surface area (TPSA) is 30.5 Å². The Morgan fingerprint density at radius 3 is 1.17 bits per heavy atom. The number of unbranched alkanes of at least 4 members (excludes halogenated alkanes) is 20. The van der Waals surface area contributed by atoms with E-state index in [-0.39, 0.29) is 12.4 Å². The smallest absolute Gasteiger partial charge is 0.0946 e. The Labute approximate surface area is 234 Å². The lowest BCUT2D eigenvalue weighted by Gasteiger charge is -2.19. The van der Waals surface area contributed by atoms with E-state index in [1.165, 1.54) is 154 Å². The molecule has 36 heavy (non-hydrogen) atoms. The lowest BCUT2D eigenvalue weighted by molar-refractivity contribution is -0.293. The van der Waals surface area contributed by atoms with Gasteiger partial charge in [-0.05, 0) is 19.3 Å². The highest BCUT2D eigenvalue weighted by molar-refractivity contribution is 5.85. The molecule has 1 N–H and O–H groups in total. The first-order chi connectivity index (χ1) is 17.3. The molecule has 0 saturated heterocycles. The molecule has 220 valence electrons. The van der Waals surface area contributed by atoms with Gasteiger partial charge < -0.3 is 5.32 Å². The molecule has 0 fully saturated rings. The second-order valence-electron chi connectivity index (χ2n) is 10.9. The van der Waals surface area contributed by atoms with Crippen molar-refractivity contribution in [3.8, 4) is 0 Å². The maximum atomic E-state index is 5.38. The Bertz CT molecular complexity index is 346. The van der Waals surface area contributed by atoms with Crippen LogP contribution in [0.3, 0.4) is 0 Å². The SMILES string of the molecule is CCCCCCCCCCCCC(CCCCCCCCCCCC)NCCOOCCCCC.Cl. The average Bonchev–Trinajstić information content (AvgIpc) is 2.87. The third-order valence-corrected chi connectivity index (χ3v) is 7.35. The van der Waals surface area contributed by atoms with Gasteiger partial charge in [-0.15, -0.1) is 12.4 Å². The number of hydrogen-bond donors (Lipinski definition) is 1. The average molecular weight is 534 g/mol. The standard InChI is InChI=1S/C32H67NO2.ClH/c1-4-7-10-12-14-16-18-20-22-24-27-32(33-29-31-35-34-30-26-9-6-3)28-25-23-21-19-17-15-13-11-8-5-2;/h32-33H,4-31H2,1-3H3;1H. The zero-order valence-corrected chi connectivity index (χ0v) is 25.9. The predicted octanol–water partition coefficient (Wildman–Crippen LogP) is 11.1. The van der Waals surface area contributed by atoms with Gasteiger partial charge in [0.1, 0.15) is 0 Å². The van der Waals surface area contributed by atoms with Crippen LogP contribution >= 0.6 is 12.4 Å². The lowest BCUT2D eigenvalue weighted by atomic mass is 9.99. The van der Waals surface area contributed by atoms with Crippen LogP contribution < -0.4 is 5.32 Å². The fourth-order valence-corrected chi connectivity index (χ4v) is 4.94. The summed E-state index contributed by atoms with van der Waals surface area (Å²) in [7, 11) is 0. The van der Waals surface area contributed by atoms with Gasteiger partial charge in [-0.25, -0.2) is 9.78 Å². The van der Waals surface area contributed by atoms with E-state index in [1.54, 1.807) is 0 Å².